The Bertz CT molecular complexity index is 3250. The van der Waals surface area contributed by atoms with E-state index >= 15 is 0 Å². The molecule has 0 saturated carbocycles. The number of para-hydroxylation sites is 3. The van der Waals surface area contributed by atoms with Gasteiger partial charge in [0.05, 0.1) is 18.8 Å². The number of hydrogen-bond donors (Lipinski definition) is 4. The molecule has 4 N–H and O–H groups in total. The van der Waals surface area contributed by atoms with Gasteiger partial charge in [0.2, 0.25) is 5.91 Å². The maximum Gasteiger partial charge on any atom is 0.407 e. The minimum absolute atomic E-state index is 0.0131. The van der Waals surface area contributed by atoms with Gasteiger partial charge in [-0.2, -0.15) is 0 Å². The number of hydrogen-bond acceptors (Lipinski definition) is 11. The number of carbonyl (C=O) groups excluding carboxylic acids is 3. The highest BCUT2D eigenvalue weighted by atomic mass is 16.7. The number of rotatable bonds is 13. The fourth-order valence-electron chi connectivity index (χ4n) is 9.86. The van der Waals surface area contributed by atoms with Crippen molar-refractivity contribution in [3.8, 4) is 34.1 Å². The molecule has 1 atom stereocenters. The first-order chi connectivity index (χ1) is 35.6. The molecular formula is C59H55N5O9. The van der Waals surface area contributed by atoms with Crippen molar-refractivity contribution in [2.24, 2.45) is 0 Å². The number of carbonyl (C=O) groups is 3. The molecule has 2 aliphatic rings. The summed E-state index contributed by atoms with van der Waals surface area (Å²) < 4.78 is 18.8. The summed E-state index contributed by atoms with van der Waals surface area (Å²) in [6, 6.07) is 40.5. The van der Waals surface area contributed by atoms with E-state index in [1.165, 1.54) is 0 Å². The van der Waals surface area contributed by atoms with Crippen molar-refractivity contribution >= 4 is 34.7 Å². The maximum atomic E-state index is 14.1. The standard InChI is InChI=1S/C59H55N5O9/c1-4-24-70-55-36-14-12-16-38(55)28-42-32-45(61-57(67)35(3)60-59(69)72-34-50-48-20-8-6-18-46(48)47-19-7-9-21-49(47)50)33-43(54(42)66)29-39-17-13-15-37(56(39)71-25-5-2)27-41-31-44(30-40(26-36)53(41)65)58(68)73-64-52-23-11-10-22-51(52)62-63-64/h6-23,30-33,35,50,65-66H,4-5,24-29,34H2,1-3H3,(H,60,69)(H,61,67)/t35-/m0/s1. The molecule has 14 heteroatoms. The summed E-state index contributed by atoms with van der Waals surface area (Å²) in [5, 5.41) is 38.3. The van der Waals surface area contributed by atoms with Crippen LogP contribution in [0.15, 0.2) is 133 Å². The summed E-state index contributed by atoms with van der Waals surface area (Å²) in [5.41, 5.74) is 11.0. The van der Waals surface area contributed by atoms with E-state index in [1.807, 2.05) is 92.7 Å². The molecule has 7 aromatic carbocycles. The van der Waals surface area contributed by atoms with Crippen LogP contribution in [0, 0.1) is 0 Å². The predicted molar refractivity (Wildman–Crippen MR) is 277 cm³/mol. The fourth-order valence-corrected chi connectivity index (χ4v) is 9.86. The summed E-state index contributed by atoms with van der Waals surface area (Å²) in [4.78, 5) is 48.2. The molecular weight excluding hydrogens is 923 g/mol. The van der Waals surface area contributed by atoms with Crippen molar-refractivity contribution in [3.63, 3.8) is 0 Å². The molecule has 0 unspecified atom stereocenters. The molecule has 0 fully saturated rings. The number of amides is 2. The lowest BCUT2D eigenvalue weighted by Gasteiger charge is -2.22. The zero-order valence-corrected chi connectivity index (χ0v) is 40.8. The topological polar surface area (TPSA) is 183 Å². The third-order valence-corrected chi connectivity index (χ3v) is 13.4. The second-order valence-corrected chi connectivity index (χ2v) is 18.5. The molecule has 0 aliphatic heterocycles. The highest BCUT2D eigenvalue weighted by Crippen LogP contribution is 2.45. The van der Waals surface area contributed by atoms with Gasteiger partial charge in [-0.3, -0.25) is 4.79 Å². The van der Waals surface area contributed by atoms with Crippen LogP contribution >= 0.6 is 0 Å². The smallest absolute Gasteiger partial charge is 0.407 e. The third kappa shape index (κ3) is 10.0. The molecule has 73 heavy (non-hydrogen) atoms. The molecule has 0 saturated heterocycles. The number of phenolic OH excluding ortho intramolecular Hbond substituents is 2. The van der Waals surface area contributed by atoms with Gasteiger partial charge in [-0.25, -0.2) is 9.59 Å². The van der Waals surface area contributed by atoms with E-state index in [2.05, 4.69) is 33.1 Å². The van der Waals surface area contributed by atoms with Crippen LogP contribution in [-0.4, -0.2) is 69.2 Å². The van der Waals surface area contributed by atoms with Crippen molar-refractivity contribution in [1.29, 1.82) is 0 Å². The largest absolute Gasteiger partial charge is 0.507 e. The number of ether oxygens (including phenoxy) is 3. The van der Waals surface area contributed by atoms with Gasteiger partial charge >= 0.3 is 12.1 Å². The highest BCUT2D eigenvalue weighted by Gasteiger charge is 2.30. The quantitative estimate of drug-likeness (QED) is 0.0637. The summed E-state index contributed by atoms with van der Waals surface area (Å²) >= 11 is 0. The number of benzene rings is 7. The molecule has 0 radical (unpaired) electrons. The van der Waals surface area contributed by atoms with Gasteiger partial charge in [-0.05, 0) is 117 Å². The molecule has 370 valence electrons. The number of aromatic nitrogens is 3. The van der Waals surface area contributed by atoms with E-state index in [0.717, 1.165) is 49.4 Å². The lowest BCUT2D eigenvalue weighted by molar-refractivity contribution is -0.117. The molecule has 0 spiro atoms. The molecule has 2 amide bonds. The zero-order valence-electron chi connectivity index (χ0n) is 40.8. The second kappa shape index (κ2) is 21.0. The van der Waals surface area contributed by atoms with Gasteiger partial charge in [0.1, 0.15) is 46.7 Å². The Morgan fingerprint density at radius 3 is 1.67 bits per heavy atom. The van der Waals surface area contributed by atoms with Gasteiger partial charge in [0.25, 0.3) is 0 Å². The Kier molecular flexibility index (Phi) is 13.8. The Morgan fingerprint density at radius 1 is 0.644 bits per heavy atom. The van der Waals surface area contributed by atoms with E-state index in [-0.39, 0.29) is 55.3 Å². The van der Waals surface area contributed by atoms with Crippen LogP contribution in [0.3, 0.4) is 0 Å². The maximum absolute atomic E-state index is 14.1. The first kappa shape index (κ1) is 48.0. The Morgan fingerprint density at radius 2 is 1.14 bits per heavy atom. The number of nitrogens with one attached hydrogen (secondary N) is 2. The molecule has 1 heterocycles. The van der Waals surface area contributed by atoms with Crippen LogP contribution in [0.2, 0.25) is 0 Å². The number of anilines is 1. The molecule has 10 rings (SSSR count). The zero-order chi connectivity index (χ0) is 50.6. The lowest BCUT2D eigenvalue weighted by atomic mass is 9.90. The van der Waals surface area contributed by atoms with Gasteiger partial charge in [-0.15, -0.1) is 5.10 Å². The summed E-state index contributed by atoms with van der Waals surface area (Å²) in [6.07, 6.45) is 1.41. The first-order valence-electron chi connectivity index (χ1n) is 24.7. The van der Waals surface area contributed by atoms with Crippen LogP contribution in [0.4, 0.5) is 10.5 Å². The van der Waals surface area contributed by atoms with Crippen molar-refractivity contribution < 1.29 is 43.6 Å². The van der Waals surface area contributed by atoms with Gasteiger partial charge < -0.3 is 39.9 Å². The highest BCUT2D eigenvalue weighted by molar-refractivity contribution is 5.96. The average molecular weight is 978 g/mol. The second-order valence-electron chi connectivity index (χ2n) is 18.5. The minimum atomic E-state index is -0.989. The van der Waals surface area contributed by atoms with E-state index in [4.69, 9.17) is 19.0 Å². The van der Waals surface area contributed by atoms with Crippen LogP contribution in [-0.2, 0) is 35.2 Å². The van der Waals surface area contributed by atoms with Crippen LogP contribution in [0.25, 0.3) is 22.2 Å². The minimum Gasteiger partial charge on any atom is -0.507 e. The average Bonchev–Trinajstić information content (AvgIpc) is 3.95. The van der Waals surface area contributed by atoms with Crippen LogP contribution in [0.1, 0.15) is 106 Å². The van der Waals surface area contributed by atoms with Crippen molar-refractivity contribution in [2.75, 3.05) is 25.1 Å². The SMILES string of the molecule is CCCOc1c2cccc1Cc1cc(C(=O)On3nnc4ccccc43)cc(c1O)Cc1cccc(c1OCCC)Cc1cc(NC(=O)[C@H](C)NC(=O)OCC3c4ccccc4-c4ccccc43)cc(c1O)C2. The van der Waals surface area contributed by atoms with Crippen molar-refractivity contribution in [2.45, 2.75) is 71.3 Å². The number of phenols is 2. The fraction of sp³-hybridized carbons (Fsp3) is 0.237. The number of fused-ring (bicyclic) bond motifs is 12. The summed E-state index contributed by atoms with van der Waals surface area (Å²) in [5.74, 6) is -0.137. The summed E-state index contributed by atoms with van der Waals surface area (Å²) in [6.45, 7) is 6.47. The van der Waals surface area contributed by atoms with Gasteiger partial charge in [-0.1, -0.05) is 116 Å². The number of alkyl carbamates (subject to hydrolysis) is 1. The normalized spacial score (nSPS) is 13.1. The predicted octanol–water partition coefficient (Wildman–Crippen LogP) is 10.2. The van der Waals surface area contributed by atoms with Gasteiger partial charge in [0, 0.05) is 48.4 Å². The molecule has 8 aromatic rings. The molecule has 1 aromatic heterocycles. The van der Waals surface area contributed by atoms with Gasteiger partial charge in [0.15, 0.2) is 0 Å². The van der Waals surface area contributed by atoms with E-state index in [1.54, 1.807) is 49.4 Å². The van der Waals surface area contributed by atoms with E-state index in [9.17, 15) is 24.6 Å². The molecule has 2 aliphatic carbocycles. The third-order valence-electron chi connectivity index (χ3n) is 13.4. The monoisotopic (exact) mass is 977 g/mol. The Balaban J connectivity index is 0.975. The van der Waals surface area contributed by atoms with Crippen LogP contribution < -0.4 is 24.9 Å². The summed E-state index contributed by atoms with van der Waals surface area (Å²) in [7, 11) is 0. The number of nitrogens with zero attached hydrogens (tertiary/aromatic N) is 3. The first-order valence-corrected chi connectivity index (χ1v) is 24.7. The van der Waals surface area contributed by atoms with E-state index < -0.39 is 24.0 Å². The van der Waals surface area contributed by atoms with Crippen molar-refractivity contribution in [1.82, 2.24) is 20.5 Å². The van der Waals surface area contributed by atoms with Crippen LogP contribution in [0.5, 0.6) is 23.0 Å². The van der Waals surface area contributed by atoms with E-state index in [0.29, 0.717) is 76.5 Å². The Hall–Kier alpha value is -8.65. The lowest BCUT2D eigenvalue weighted by Crippen LogP contribution is -2.42. The molecule has 14 nitrogen and oxygen atoms in total. The van der Waals surface area contributed by atoms with Crippen molar-refractivity contribution in [3.05, 3.63) is 195 Å². The Labute approximate surface area is 422 Å². The molecule has 8 bridgehead atoms. The number of aromatic hydroxyl groups is 2.